The molecule has 1 aromatic heterocycles. The Bertz CT molecular complexity index is 752. The third-order valence-corrected chi connectivity index (χ3v) is 5.60. The number of ether oxygens (including phenoxy) is 1. The first kappa shape index (κ1) is 20.5. The van der Waals surface area contributed by atoms with E-state index in [1.807, 2.05) is 14.0 Å². The molecular weight excluding hydrogens is 372 g/mol. The van der Waals surface area contributed by atoms with E-state index in [0.717, 1.165) is 62.7 Å². The minimum absolute atomic E-state index is 0.671. The van der Waals surface area contributed by atoms with Gasteiger partial charge in [0.25, 0.3) is 0 Å². The lowest BCUT2D eigenvalue weighted by atomic mass is 10.1. The number of anilines is 1. The molecule has 1 fully saturated rings. The van der Waals surface area contributed by atoms with Crippen molar-refractivity contribution in [1.82, 2.24) is 19.6 Å². The summed E-state index contributed by atoms with van der Waals surface area (Å²) in [6, 6.07) is 8.54. The normalized spacial score (nSPS) is 15.2. The first-order valence-electron chi connectivity index (χ1n) is 9.92. The van der Waals surface area contributed by atoms with Crippen LogP contribution in [-0.2, 0) is 24.3 Å². The van der Waals surface area contributed by atoms with E-state index in [4.69, 9.17) is 4.74 Å². The Hall–Kier alpha value is -2.19. The lowest BCUT2D eigenvalue weighted by molar-refractivity contribution is 0.134. The molecule has 2 heterocycles. The van der Waals surface area contributed by atoms with Crippen LogP contribution in [0.3, 0.4) is 0 Å². The van der Waals surface area contributed by atoms with Crippen molar-refractivity contribution in [3.63, 3.8) is 0 Å². The highest BCUT2D eigenvalue weighted by atomic mass is 32.1. The van der Waals surface area contributed by atoms with Crippen LogP contribution < -0.4 is 10.2 Å². The van der Waals surface area contributed by atoms with Gasteiger partial charge in [0.2, 0.25) is 5.13 Å². The predicted octanol–water partition coefficient (Wildman–Crippen LogP) is 2.53. The van der Waals surface area contributed by atoms with E-state index in [1.54, 1.807) is 0 Å². The van der Waals surface area contributed by atoms with Crippen molar-refractivity contribution in [2.24, 2.45) is 4.99 Å². The number of aromatic nitrogens is 2. The van der Waals surface area contributed by atoms with Crippen molar-refractivity contribution in [2.45, 2.75) is 33.4 Å². The number of hydrogen-bond acceptors (Lipinski definition) is 6. The fraction of sp³-hybridized carbons (Fsp3) is 0.550. The Balaban J connectivity index is 1.48. The second kappa shape index (κ2) is 10.4. The number of hydrogen-bond donors (Lipinski definition) is 1. The van der Waals surface area contributed by atoms with Crippen LogP contribution in [0.2, 0.25) is 0 Å². The maximum absolute atomic E-state index is 5.45. The summed E-state index contributed by atoms with van der Waals surface area (Å²) in [5.41, 5.74) is 2.44. The zero-order chi connectivity index (χ0) is 19.8. The molecule has 0 atom stereocenters. The van der Waals surface area contributed by atoms with Gasteiger partial charge in [0.15, 0.2) is 5.96 Å². The van der Waals surface area contributed by atoms with Crippen LogP contribution in [0.1, 0.15) is 30.8 Å². The fourth-order valence-corrected chi connectivity index (χ4v) is 3.91. The number of benzene rings is 1. The maximum Gasteiger partial charge on any atom is 0.205 e. The summed E-state index contributed by atoms with van der Waals surface area (Å²) in [6.45, 7) is 10.00. The molecule has 28 heavy (non-hydrogen) atoms. The summed E-state index contributed by atoms with van der Waals surface area (Å²) in [5, 5.41) is 4.52. The van der Waals surface area contributed by atoms with E-state index in [9.17, 15) is 0 Å². The van der Waals surface area contributed by atoms with Crippen LogP contribution in [0.25, 0.3) is 0 Å². The van der Waals surface area contributed by atoms with Gasteiger partial charge < -0.3 is 19.9 Å². The van der Waals surface area contributed by atoms with Crippen LogP contribution in [0.15, 0.2) is 29.3 Å². The smallest absolute Gasteiger partial charge is 0.205 e. The van der Waals surface area contributed by atoms with Gasteiger partial charge in [0.1, 0.15) is 5.82 Å². The molecule has 0 aliphatic carbocycles. The lowest BCUT2D eigenvalue weighted by Gasteiger charge is -2.36. The minimum Gasteiger partial charge on any atom is -0.377 e. The number of rotatable bonds is 7. The molecule has 1 saturated heterocycles. The topological polar surface area (TPSA) is 65.9 Å². The van der Waals surface area contributed by atoms with Gasteiger partial charge in [-0.1, -0.05) is 31.2 Å². The molecule has 0 spiro atoms. The molecule has 0 bridgehead atoms. The van der Waals surface area contributed by atoms with Gasteiger partial charge in [-0.25, -0.2) is 4.98 Å². The largest absolute Gasteiger partial charge is 0.377 e. The molecule has 8 heteroatoms. The first-order valence-corrected chi connectivity index (χ1v) is 10.7. The van der Waals surface area contributed by atoms with Gasteiger partial charge in [-0.15, -0.1) is 0 Å². The van der Waals surface area contributed by atoms with E-state index < -0.39 is 0 Å². The summed E-state index contributed by atoms with van der Waals surface area (Å²) < 4.78 is 9.85. The molecule has 1 aliphatic heterocycles. The average Bonchev–Trinajstić information content (AvgIpc) is 3.23. The summed E-state index contributed by atoms with van der Waals surface area (Å²) in [5.74, 6) is 1.89. The molecule has 0 amide bonds. The Morgan fingerprint density at radius 3 is 2.46 bits per heavy atom. The van der Waals surface area contributed by atoms with Crippen LogP contribution >= 0.6 is 11.5 Å². The van der Waals surface area contributed by atoms with Crippen LogP contribution in [-0.4, -0.2) is 60.1 Å². The zero-order valence-electron chi connectivity index (χ0n) is 17.0. The van der Waals surface area contributed by atoms with Gasteiger partial charge in [-0.2, -0.15) is 4.37 Å². The van der Waals surface area contributed by atoms with Gasteiger partial charge in [-0.05, 0) is 18.1 Å². The molecule has 2 aromatic rings. The van der Waals surface area contributed by atoms with Crippen LogP contribution in [0, 0.1) is 0 Å². The molecule has 1 aromatic carbocycles. The summed E-state index contributed by atoms with van der Waals surface area (Å²) in [4.78, 5) is 13.7. The molecule has 0 radical (unpaired) electrons. The van der Waals surface area contributed by atoms with Crippen LogP contribution in [0.5, 0.6) is 0 Å². The third kappa shape index (κ3) is 5.42. The average molecular weight is 403 g/mol. The summed E-state index contributed by atoms with van der Waals surface area (Å²) in [7, 11) is 1.85. The van der Waals surface area contributed by atoms with E-state index in [-0.39, 0.29) is 0 Å². The summed E-state index contributed by atoms with van der Waals surface area (Å²) in [6.07, 6.45) is 0.889. The molecule has 152 valence electrons. The van der Waals surface area contributed by atoms with Crippen molar-refractivity contribution in [3.8, 4) is 0 Å². The fourth-order valence-electron chi connectivity index (χ4n) is 3.11. The highest BCUT2D eigenvalue weighted by molar-refractivity contribution is 7.09. The van der Waals surface area contributed by atoms with Gasteiger partial charge in [-0.3, -0.25) is 4.99 Å². The van der Waals surface area contributed by atoms with Crippen molar-refractivity contribution >= 4 is 22.6 Å². The molecule has 0 saturated carbocycles. The van der Waals surface area contributed by atoms with Gasteiger partial charge in [0.05, 0.1) is 6.61 Å². The van der Waals surface area contributed by atoms with E-state index in [0.29, 0.717) is 6.61 Å². The Morgan fingerprint density at radius 1 is 1.14 bits per heavy atom. The summed E-state index contributed by atoms with van der Waals surface area (Å²) >= 11 is 1.50. The van der Waals surface area contributed by atoms with Crippen LogP contribution in [0.4, 0.5) is 5.13 Å². The van der Waals surface area contributed by atoms with Gasteiger partial charge in [0, 0.05) is 64.3 Å². The molecular formula is C20H30N6OS. The number of nitrogens with one attached hydrogen (secondary N) is 1. The quantitative estimate of drug-likeness (QED) is 0.567. The van der Waals surface area contributed by atoms with E-state index >= 15 is 0 Å². The third-order valence-electron chi connectivity index (χ3n) is 4.78. The monoisotopic (exact) mass is 402 g/mol. The number of piperazine rings is 1. The number of aliphatic imine (C=N–C) groups is 1. The Kier molecular flexibility index (Phi) is 7.62. The molecule has 1 N–H and O–H groups in total. The highest BCUT2D eigenvalue weighted by Crippen LogP contribution is 2.19. The number of aryl methyl sites for hydroxylation is 1. The van der Waals surface area contributed by atoms with Crippen molar-refractivity contribution in [2.75, 3.05) is 44.7 Å². The number of guanidine groups is 1. The SMILES string of the molecule is CCOCc1ccc(CNC(=NC)N2CCN(c3nc(CC)ns3)CC2)cc1. The van der Waals surface area contributed by atoms with E-state index in [1.165, 1.54) is 22.7 Å². The van der Waals surface area contributed by atoms with Crippen molar-refractivity contribution in [1.29, 1.82) is 0 Å². The molecule has 1 aliphatic rings. The standard InChI is InChI=1S/C20H30N6OS/c1-4-18-23-20(28-24-18)26-12-10-25(11-13-26)19(21-3)22-14-16-6-8-17(9-7-16)15-27-5-2/h6-9H,4-5,10-15H2,1-3H3,(H,21,22). The Labute approximate surface area is 171 Å². The second-order valence-electron chi connectivity index (χ2n) is 6.68. The van der Waals surface area contributed by atoms with Gasteiger partial charge >= 0.3 is 0 Å². The zero-order valence-corrected chi connectivity index (χ0v) is 17.8. The first-order chi connectivity index (χ1) is 13.7. The molecule has 7 nitrogen and oxygen atoms in total. The predicted molar refractivity (Wildman–Crippen MR) is 115 cm³/mol. The Morgan fingerprint density at radius 2 is 1.86 bits per heavy atom. The second-order valence-corrected chi connectivity index (χ2v) is 7.41. The molecule has 0 unspecified atom stereocenters. The number of nitrogens with zero attached hydrogens (tertiary/aromatic N) is 5. The molecule has 3 rings (SSSR count). The maximum atomic E-state index is 5.45. The van der Waals surface area contributed by atoms with Crippen molar-refractivity contribution < 1.29 is 4.74 Å². The van der Waals surface area contributed by atoms with Crippen molar-refractivity contribution in [3.05, 3.63) is 41.2 Å². The lowest BCUT2D eigenvalue weighted by Crippen LogP contribution is -2.52. The van der Waals surface area contributed by atoms with E-state index in [2.05, 4.69) is 60.7 Å². The highest BCUT2D eigenvalue weighted by Gasteiger charge is 2.21. The minimum atomic E-state index is 0.671.